The number of hydrogen-bond acceptors (Lipinski definition) is 4. The van der Waals surface area contributed by atoms with E-state index in [0.29, 0.717) is 11.5 Å². The zero-order valence-electron chi connectivity index (χ0n) is 19.3. The summed E-state index contributed by atoms with van der Waals surface area (Å²) in [5.74, 6) is 0.563. The zero-order chi connectivity index (χ0) is 23.4. The number of H-pyrrole nitrogens is 2. The number of benzene rings is 2. The van der Waals surface area contributed by atoms with Gasteiger partial charge in [0, 0.05) is 40.7 Å². The first kappa shape index (κ1) is 21.2. The van der Waals surface area contributed by atoms with E-state index < -0.39 is 0 Å². The molecule has 0 amide bonds. The first-order chi connectivity index (χ1) is 16.5. The molecule has 1 aliphatic heterocycles. The quantitative estimate of drug-likeness (QED) is 0.334. The number of nitriles is 1. The number of nitrogens with zero attached hydrogens (tertiary/aromatic N) is 3. The number of nitrogens with one attached hydrogen (secondary N) is 2. The van der Waals surface area contributed by atoms with Gasteiger partial charge in [-0.3, -0.25) is 4.79 Å². The van der Waals surface area contributed by atoms with E-state index in [4.69, 9.17) is 0 Å². The smallest absolute Gasteiger partial charge is 0.254 e. The fraction of sp³-hybridized carbons (Fsp3) is 0.296. The molecule has 2 N–H and O–H groups in total. The van der Waals surface area contributed by atoms with Gasteiger partial charge < -0.3 is 4.98 Å². The van der Waals surface area contributed by atoms with E-state index in [-0.39, 0.29) is 11.2 Å². The zero-order valence-corrected chi connectivity index (χ0v) is 20.1. The van der Waals surface area contributed by atoms with Gasteiger partial charge in [-0.15, -0.1) is 0 Å². The second kappa shape index (κ2) is 7.86. The van der Waals surface area contributed by atoms with Crippen LogP contribution in [0.15, 0.2) is 55.1 Å². The van der Waals surface area contributed by atoms with Gasteiger partial charge in [0.05, 0.1) is 17.2 Å². The number of imidazole rings is 1. The first-order valence-electron chi connectivity index (χ1n) is 11.7. The van der Waals surface area contributed by atoms with Crippen molar-refractivity contribution in [3.05, 3.63) is 88.6 Å². The highest BCUT2D eigenvalue weighted by Crippen LogP contribution is 2.45. The van der Waals surface area contributed by atoms with E-state index in [1.54, 1.807) is 18.2 Å². The number of rotatable bonds is 3. The first-order valence-corrected chi connectivity index (χ1v) is 12.4. The summed E-state index contributed by atoms with van der Waals surface area (Å²) in [5, 5.41) is 10.2. The number of hydrogen-bond donors (Lipinski definition) is 2. The predicted molar refractivity (Wildman–Crippen MR) is 133 cm³/mol. The average Bonchev–Trinajstić information content (AvgIpc) is 3.51. The third-order valence-corrected chi connectivity index (χ3v) is 8.41. The van der Waals surface area contributed by atoms with Crippen molar-refractivity contribution in [3.63, 3.8) is 0 Å². The number of fused-ring (bicyclic) bond motifs is 4. The van der Waals surface area contributed by atoms with Crippen LogP contribution in [-0.4, -0.2) is 33.1 Å². The summed E-state index contributed by atoms with van der Waals surface area (Å²) in [4.78, 5) is 20.2. The van der Waals surface area contributed by atoms with Gasteiger partial charge >= 0.3 is 0 Å². The molecular weight excluding hydrogens is 442 g/mol. The monoisotopic (exact) mass is 468 g/mol. The minimum Gasteiger partial charge on any atom is -0.357 e. The van der Waals surface area contributed by atoms with Gasteiger partial charge in [0.25, 0.3) is 6.33 Å². The highest BCUT2D eigenvalue weighted by atomic mass is 32.2. The van der Waals surface area contributed by atoms with Crippen LogP contribution in [0, 0.1) is 11.3 Å². The second-order valence-electron chi connectivity index (χ2n) is 9.76. The number of carbonyl (C=O) groups excluding carboxylic acids is 1. The Balaban J connectivity index is 1.31. The predicted octanol–water partition coefficient (Wildman–Crippen LogP) is 4.82. The highest BCUT2D eigenvalue weighted by molar-refractivity contribution is 7.90. The molecule has 6 rings (SSSR count). The van der Waals surface area contributed by atoms with Crippen LogP contribution in [0.25, 0.3) is 10.9 Å². The molecule has 2 aromatic carbocycles. The Morgan fingerprint density at radius 1 is 1.18 bits per heavy atom. The summed E-state index contributed by atoms with van der Waals surface area (Å²) in [6.07, 6.45) is 8.10. The summed E-state index contributed by atoms with van der Waals surface area (Å²) in [5.41, 5.74) is 6.02. The molecule has 7 heteroatoms. The van der Waals surface area contributed by atoms with Gasteiger partial charge in [-0.25, -0.2) is 9.29 Å². The van der Waals surface area contributed by atoms with Gasteiger partial charge in [0.1, 0.15) is 12.4 Å². The van der Waals surface area contributed by atoms with Crippen LogP contribution < -0.4 is 3.97 Å². The lowest BCUT2D eigenvalue weighted by atomic mass is 9.70. The van der Waals surface area contributed by atoms with Gasteiger partial charge in [0.2, 0.25) is 0 Å². The molecular formula is C27H26N5OS+. The van der Waals surface area contributed by atoms with E-state index >= 15 is 0 Å². The van der Waals surface area contributed by atoms with E-state index in [1.807, 2.05) is 36.9 Å². The van der Waals surface area contributed by atoms with Crippen LogP contribution in [0.5, 0.6) is 0 Å². The van der Waals surface area contributed by atoms with Crippen molar-refractivity contribution in [2.45, 2.75) is 38.0 Å². The Hall–Kier alpha value is -3.34. The van der Waals surface area contributed by atoms with Crippen LogP contribution in [0.2, 0.25) is 0 Å². The lowest BCUT2D eigenvalue weighted by Gasteiger charge is -2.34. The molecule has 0 radical (unpaired) electrons. The Morgan fingerprint density at radius 3 is 2.74 bits per heavy atom. The molecule has 1 aliphatic carbocycles. The fourth-order valence-corrected chi connectivity index (χ4v) is 6.37. The van der Waals surface area contributed by atoms with Gasteiger partial charge in [-0.05, 0) is 42.0 Å². The van der Waals surface area contributed by atoms with E-state index in [1.165, 1.54) is 5.56 Å². The van der Waals surface area contributed by atoms with Gasteiger partial charge in [-0.1, -0.05) is 38.1 Å². The Kier molecular flexibility index (Phi) is 4.91. The van der Waals surface area contributed by atoms with Crippen molar-refractivity contribution in [1.82, 2.24) is 14.3 Å². The van der Waals surface area contributed by atoms with Crippen molar-refractivity contribution in [3.8, 4) is 6.07 Å². The Morgan fingerprint density at radius 2 is 2.00 bits per heavy atom. The topological polar surface area (TPSA) is 79.6 Å². The lowest BCUT2D eigenvalue weighted by Crippen LogP contribution is -2.36. The van der Waals surface area contributed by atoms with Crippen LogP contribution in [-0.2, 0) is 5.41 Å². The maximum atomic E-state index is 13.6. The third kappa shape index (κ3) is 3.29. The maximum Gasteiger partial charge on any atom is 0.254 e. The van der Waals surface area contributed by atoms with Gasteiger partial charge in [0.15, 0.2) is 17.9 Å². The number of ketones is 1. The summed E-state index contributed by atoms with van der Waals surface area (Å²) < 4.78 is 4.49. The average molecular weight is 469 g/mol. The molecule has 6 nitrogen and oxygen atoms in total. The molecule has 0 unspecified atom stereocenters. The van der Waals surface area contributed by atoms with Crippen molar-refractivity contribution >= 4 is 28.8 Å². The molecule has 0 bridgehead atoms. The SMILES string of the molecule is CC1(C)c2cc(C3CCN(S[n+]4cc[nH]c4)CC3)ccc2C(=O)c2c1[nH]c1cc(C#N)ccc21. The molecule has 34 heavy (non-hydrogen) atoms. The molecule has 2 aliphatic rings. The molecule has 3 heterocycles. The second-order valence-corrected chi connectivity index (χ2v) is 10.9. The molecule has 1 saturated heterocycles. The summed E-state index contributed by atoms with van der Waals surface area (Å²) in [6.45, 7) is 6.43. The number of aromatic nitrogens is 3. The Labute approximate surface area is 202 Å². The normalized spacial score (nSPS) is 18.0. The van der Waals surface area contributed by atoms with Crippen LogP contribution in [0.1, 0.15) is 70.9 Å². The van der Waals surface area contributed by atoms with Crippen molar-refractivity contribution in [2.75, 3.05) is 13.1 Å². The molecule has 1 fully saturated rings. The van der Waals surface area contributed by atoms with E-state index in [2.05, 4.69) is 50.3 Å². The summed E-state index contributed by atoms with van der Waals surface area (Å²) in [6, 6.07) is 14.2. The number of aromatic amines is 2. The van der Waals surface area contributed by atoms with Crippen molar-refractivity contribution in [1.29, 1.82) is 5.26 Å². The standard InChI is InChI=1S/C27H25N5OS/c1-27(2)22-14-19(18-7-10-31(11-8-18)34-32-12-9-29-16-32)4-6-20(22)25(33)24-21-5-3-17(15-28)13-23(21)30-26(24)27/h3-6,9,12-14,16,18H,7-8,10-11H2,1-2H3,(H,30,33)/p+1. The number of piperidine rings is 1. The minimum atomic E-state index is -0.331. The molecule has 0 atom stereocenters. The van der Waals surface area contributed by atoms with Crippen LogP contribution in [0.3, 0.4) is 0 Å². The van der Waals surface area contributed by atoms with E-state index in [9.17, 15) is 10.1 Å². The van der Waals surface area contributed by atoms with Gasteiger partial charge in [-0.2, -0.15) is 9.23 Å². The van der Waals surface area contributed by atoms with Crippen LogP contribution >= 0.6 is 12.1 Å². The van der Waals surface area contributed by atoms with Crippen molar-refractivity contribution in [2.24, 2.45) is 0 Å². The molecule has 4 aromatic rings. The summed E-state index contributed by atoms with van der Waals surface area (Å²) >= 11 is 1.74. The third-order valence-electron chi connectivity index (χ3n) is 7.40. The fourth-order valence-electron chi connectivity index (χ4n) is 5.50. The lowest BCUT2D eigenvalue weighted by molar-refractivity contribution is -0.496. The number of carbonyl (C=O) groups is 1. The van der Waals surface area contributed by atoms with Crippen molar-refractivity contribution < 1.29 is 8.77 Å². The largest absolute Gasteiger partial charge is 0.357 e. The Bertz CT molecular complexity index is 1450. The van der Waals surface area contributed by atoms with E-state index in [0.717, 1.165) is 59.2 Å². The maximum absolute atomic E-state index is 13.6. The molecule has 2 aromatic heterocycles. The molecule has 0 spiro atoms. The molecule has 170 valence electrons. The molecule has 0 saturated carbocycles. The van der Waals surface area contributed by atoms with Crippen LogP contribution in [0.4, 0.5) is 0 Å². The minimum absolute atomic E-state index is 0.0709. The highest BCUT2D eigenvalue weighted by Gasteiger charge is 2.40. The summed E-state index contributed by atoms with van der Waals surface area (Å²) in [7, 11) is 0.